The summed E-state index contributed by atoms with van der Waals surface area (Å²) >= 11 is 0. The van der Waals surface area contributed by atoms with Crippen molar-refractivity contribution >= 4 is 0 Å². The van der Waals surface area contributed by atoms with Gasteiger partial charge in [0.15, 0.2) is 34.8 Å². The molecule has 0 amide bonds. The van der Waals surface area contributed by atoms with Crippen LogP contribution in [0.3, 0.4) is 0 Å². The fourth-order valence-corrected chi connectivity index (χ4v) is 5.11. The largest absolute Gasteiger partial charge is 0.491 e. The van der Waals surface area contributed by atoms with E-state index in [2.05, 4.69) is 0 Å². The van der Waals surface area contributed by atoms with Crippen LogP contribution in [-0.2, 0) is 0 Å². The molecule has 2 nitrogen and oxygen atoms in total. The molecule has 1 aliphatic rings. The summed E-state index contributed by atoms with van der Waals surface area (Å²) in [5, 5.41) is 0. The lowest BCUT2D eigenvalue weighted by Crippen LogP contribution is -2.15. The monoisotopic (exact) mass is 536 g/mol. The van der Waals surface area contributed by atoms with Gasteiger partial charge in [-0.15, -0.1) is 0 Å². The maximum absolute atomic E-state index is 15.1. The van der Waals surface area contributed by atoms with E-state index in [4.69, 9.17) is 9.47 Å². The van der Waals surface area contributed by atoms with Crippen LogP contribution in [0, 0.1) is 34.9 Å². The summed E-state index contributed by atoms with van der Waals surface area (Å²) in [5.74, 6) is -7.96. The molecule has 4 rings (SSSR count). The van der Waals surface area contributed by atoms with E-state index in [-0.39, 0.29) is 41.1 Å². The second-order valence-corrected chi connectivity index (χ2v) is 9.53. The number of halogens is 6. The van der Waals surface area contributed by atoms with Gasteiger partial charge in [-0.3, -0.25) is 0 Å². The molecule has 0 heterocycles. The molecule has 1 saturated carbocycles. The molecule has 0 N–H and O–H groups in total. The molecule has 0 atom stereocenters. The van der Waals surface area contributed by atoms with Gasteiger partial charge in [-0.2, -0.15) is 8.78 Å². The van der Waals surface area contributed by atoms with Gasteiger partial charge in [0.2, 0.25) is 11.6 Å². The number of benzene rings is 3. The van der Waals surface area contributed by atoms with E-state index in [0.717, 1.165) is 18.9 Å². The van der Waals surface area contributed by atoms with Crippen LogP contribution in [0.5, 0.6) is 11.5 Å². The van der Waals surface area contributed by atoms with Crippen molar-refractivity contribution in [1.82, 2.24) is 0 Å². The van der Waals surface area contributed by atoms with Gasteiger partial charge in [0.25, 0.3) is 0 Å². The molecule has 0 spiro atoms. The van der Waals surface area contributed by atoms with Gasteiger partial charge in [-0.25, -0.2) is 17.6 Å². The van der Waals surface area contributed by atoms with E-state index in [1.165, 1.54) is 30.3 Å². The third kappa shape index (κ3) is 5.49. The zero-order valence-corrected chi connectivity index (χ0v) is 21.4. The standard InChI is InChI=1S/C30H30F6O2/c1-3-5-16-38-24-14-12-20(26(32)30(24)36)18-8-6-17(7-9-18)19-10-11-21(27(33)25(19)31)22-13-15-23(37-4-2)29(35)28(22)34/h10-15,17-18H,3-9,16H2,1-2H3. The lowest BCUT2D eigenvalue weighted by Gasteiger charge is -2.30. The maximum atomic E-state index is 15.1. The van der Waals surface area contributed by atoms with Crippen molar-refractivity contribution < 1.29 is 35.8 Å². The first-order chi connectivity index (χ1) is 18.3. The highest BCUT2D eigenvalue weighted by Gasteiger charge is 2.30. The zero-order chi connectivity index (χ0) is 27.4. The molecular formula is C30H30F6O2. The predicted molar refractivity (Wildman–Crippen MR) is 134 cm³/mol. The molecular weight excluding hydrogens is 506 g/mol. The van der Waals surface area contributed by atoms with Crippen molar-refractivity contribution in [3.05, 3.63) is 82.4 Å². The van der Waals surface area contributed by atoms with Crippen LogP contribution < -0.4 is 9.47 Å². The summed E-state index contributed by atoms with van der Waals surface area (Å²) < 4.78 is 98.7. The van der Waals surface area contributed by atoms with E-state index >= 15 is 8.78 Å². The van der Waals surface area contributed by atoms with Gasteiger partial charge >= 0.3 is 0 Å². The second-order valence-electron chi connectivity index (χ2n) is 9.53. The van der Waals surface area contributed by atoms with E-state index in [9.17, 15) is 17.6 Å². The van der Waals surface area contributed by atoms with Crippen LogP contribution in [0.15, 0.2) is 36.4 Å². The molecule has 0 aromatic heterocycles. The molecule has 38 heavy (non-hydrogen) atoms. The highest BCUT2D eigenvalue weighted by atomic mass is 19.2. The van der Waals surface area contributed by atoms with Crippen molar-refractivity contribution in [2.45, 2.75) is 64.2 Å². The van der Waals surface area contributed by atoms with Crippen molar-refractivity contribution in [2.24, 2.45) is 0 Å². The molecule has 3 aromatic rings. The third-order valence-electron chi connectivity index (χ3n) is 7.19. The molecule has 8 heteroatoms. The second kappa shape index (κ2) is 12.1. The molecule has 0 bridgehead atoms. The van der Waals surface area contributed by atoms with Crippen LogP contribution in [0.2, 0.25) is 0 Å². The van der Waals surface area contributed by atoms with Crippen LogP contribution in [0.4, 0.5) is 26.3 Å². The summed E-state index contributed by atoms with van der Waals surface area (Å²) in [6.45, 7) is 4.01. The van der Waals surface area contributed by atoms with E-state index < -0.39 is 46.0 Å². The number of unbranched alkanes of at least 4 members (excludes halogenated alkanes) is 1. The number of hydrogen-bond donors (Lipinski definition) is 0. The summed E-state index contributed by atoms with van der Waals surface area (Å²) in [6, 6.07) is 7.92. The first-order valence-electron chi connectivity index (χ1n) is 13.0. The molecule has 1 fully saturated rings. The van der Waals surface area contributed by atoms with E-state index in [1.807, 2.05) is 6.92 Å². The average molecular weight is 537 g/mol. The number of ether oxygens (including phenoxy) is 2. The first-order valence-corrected chi connectivity index (χ1v) is 13.0. The summed E-state index contributed by atoms with van der Waals surface area (Å²) in [6.07, 6.45) is 3.38. The van der Waals surface area contributed by atoms with Gasteiger partial charge in [0.05, 0.1) is 13.2 Å². The molecule has 1 aliphatic carbocycles. The normalized spacial score (nSPS) is 17.5. The summed E-state index contributed by atoms with van der Waals surface area (Å²) in [5.41, 5.74) is -0.419. The van der Waals surface area contributed by atoms with Gasteiger partial charge < -0.3 is 9.47 Å². The Morgan fingerprint density at radius 1 is 0.579 bits per heavy atom. The predicted octanol–water partition coefficient (Wildman–Crippen LogP) is 9.21. The molecule has 3 aromatic carbocycles. The molecule has 0 radical (unpaired) electrons. The smallest absolute Gasteiger partial charge is 0.201 e. The van der Waals surface area contributed by atoms with Gasteiger partial charge in [0.1, 0.15) is 0 Å². The molecule has 204 valence electrons. The third-order valence-corrected chi connectivity index (χ3v) is 7.19. The fraction of sp³-hybridized carbons (Fsp3) is 0.400. The van der Waals surface area contributed by atoms with E-state index in [0.29, 0.717) is 32.3 Å². The van der Waals surface area contributed by atoms with Crippen LogP contribution in [0.1, 0.15) is 75.3 Å². The fourth-order valence-electron chi connectivity index (χ4n) is 5.11. The Labute approximate surface area is 218 Å². The van der Waals surface area contributed by atoms with Crippen LogP contribution in [-0.4, -0.2) is 13.2 Å². The highest BCUT2D eigenvalue weighted by molar-refractivity contribution is 5.66. The Bertz CT molecular complexity index is 1280. The highest BCUT2D eigenvalue weighted by Crippen LogP contribution is 2.44. The first kappa shape index (κ1) is 27.9. The van der Waals surface area contributed by atoms with Crippen molar-refractivity contribution in [3.8, 4) is 22.6 Å². The minimum absolute atomic E-state index is 0.116. The van der Waals surface area contributed by atoms with Crippen molar-refractivity contribution in [2.75, 3.05) is 13.2 Å². The molecule has 0 unspecified atom stereocenters. The summed E-state index contributed by atoms with van der Waals surface area (Å²) in [7, 11) is 0. The van der Waals surface area contributed by atoms with Crippen molar-refractivity contribution in [3.63, 3.8) is 0 Å². The minimum Gasteiger partial charge on any atom is -0.491 e. The Morgan fingerprint density at radius 3 is 1.61 bits per heavy atom. The van der Waals surface area contributed by atoms with Crippen LogP contribution >= 0.6 is 0 Å². The zero-order valence-electron chi connectivity index (χ0n) is 21.4. The van der Waals surface area contributed by atoms with Gasteiger partial charge in [-0.1, -0.05) is 31.5 Å². The Kier molecular flexibility index (Phi) is 8.90. The van der Waals surface area contributed by atoms with E-state index in [1.54, 1.807) is 6.92 Å². The Hall–Kier alpha value is -3.16. The SMILES string of the molecule is CCCCOc1ccc(C2CCC(c3ccc(-c4ccc(OCC)c(F)c4F)c(F)c3F)CC2)c(F)c1F. The number of rotatable bonds is 9. The van der Waals surface area contributed by atoms with Crippen molar-refractivity contribution in [1.29, 1.82) is 0 Å². The molecule has 0 aliphatic heterocycles. The number of hydrogen-bond acceptors (Lipinski definition) is 2. The lowest BCUT2D eigenvalue weighted by atomic mass is 9.75. The Morgan fingerprint density at radius 2 is 1.03 bits per heavy atom. The minimum atomic E-state index is -1.32. The Balaban J connectivity index is 1.49. The maximum Gasteiger partial charge on any atom is 0.201 e. The van der Waals surface area contributed by atoms with Crippen LogP contribution in [0.25, 0.3) is 11.1 Å². The average Bonchev–Trinajstić information content (AvgIpc) is 2.92. The van der Waals surface area contributed by atoms with Gasteiger partial charge in [0, 0.05) is 11.1 Å². The molecule has 0 saturated heterocycles. The topological polar surface area (TPSA) is 18.5 Å². The lowest BCUT2D eigenvalue weighted by molar-refractivity contribution is 0.286. The summed E-state index contributed by atoms with van der Waals surface area (Å²) in [4.78, 5) is 0. The quantitative estimate of drug-likeness (QED) is 0.201. The van der Waals surface area contributed by atoms with Gasteiger partial charge in [-0.05, 0) is 80.2 Å².